The highest BCUT2D eigenvalue weighted by atomic mass is 32.2. The summed E-state index contributed by atoms with van der Waals surface area (Å²) < 4.78 is 13.4. The van der Waals surface area contributed by atoms with Gasteiger partial charge in [0, 0.05) is 17.1 Å². The highest BCUT2D eigenvalue weighted by molar-refractivity contribution is 7.99. The molecule has 2 rings (SSSR count). The summed E-state index contributed by atoms with van der Waals surface area (Å²) in [7, 11) is 0. The maximum Gasteiger partial charge on any atom is 0.304 e. The highest BCUT2D eigenvalue weighted by Crippen LogP contribution is 2.32. The van der Waals surface area contributed by atoms with E-state index in [1.165, 1.54) is 37.8 Å². The number of hydrogen-bond acceptors (Lipinski definition) is 3. The first-order valence-corrected chi connectivity index (χ1v) is 6.76. The summed E-state index contributed by atoms with van der Waals surface area (Å²) in [4.78, 5) is 9.77. The van der Waals surface area contributed by atoms with Gasteiger partial charge in [-0.25, -0.2) is 0 Å². The average Bonchev–Trinajstić information content (AvgIpc) is 2.78. The molecule has 0 N–H and O–H groups in total. The number of nitro benzene ring substituents is 1. The van der Waals surface area contributed by atoms with Crippen molar-refractivity contribution in [3.8, 4) is 0 Å². The van der Waals surface area contributed by atoms with Crippen molar-refractivity contribution in [2.24, 2.45) is 0 Å². The smallest absolute Gasteiger partial charge is 0.258 e. The number of thioether (sulfide) groups is 1. The molecule has 3 nitrogen and oxygen atoms in total. The zero-order chi connectivity index (χ0) is 12.3. The number of rotatable bonds is 4. The van der Waals surface area contributed by atoms with E-state index in [-0.39, 0.29) is 0 Å². The van der Waals surface area contributed by atoms with Crippen molar-refractivity contribution in [1.82, 2.24) is 0 Å². The number of halogens is 1. The van der Waals surface area contributed by atoms with E-state index >= 15 is 0 Å². The Kier molecular flexibility index (Phi) is 3.99. The molecule has 5 heteroatoms. The first kappa shape index (κ1) is 12.4. The molecule has 1 fully saturated rings. The van der Waals surface area contributed by atoms with Crippen molar-refractivity contribution >= 4 is 17.4 Å². The molecule has 0 atom stereocenters. The van der Waals surface area contributed by atoms with Gasteiger partial charge in [-0.05, 0) is 24.5 Å². The average molecular weight is 255 g/mol. The standard InChI is InChI=1S/C12H14FNO2S/c13-11-7-9(5-6-12(11)14(15)16)8-17-10-3-1-2-4-10/h5-7,10H,1-4,8H2. The number of nitrogens with zero attached hydrogens (tertiary/aromatic N) is 1. The Bertz CT molecular complexity index is 419. The van der Waals surface area contributed by atoms with Crippen molar-refractivity contribution < 1.29 is 9.31 Å². The van der Waals surface area contributed by atoms with Crippen LogP contribution in [0.5, 0.6) is 0 Å². The summed E-state index contributed by atoms with van der Waals surface area (Å²) in [6, 6.07) is 4.17. The molecule has 0 aliphatic heterocycles. The molecule has 1 saturated carbocycles. The minimum Gasteiger partial charge on any atom is -0.258 e. The molecule has 0 heterocycles. The lowest BCUT2D eigenvalue weighted by Gasteiger charge is -2.08. The van der Waals surface area contributed by atoms with Crippen molar-refractivity contribution in [3.63, 3.8) is 0 Å². The Hall–Kier alpha value is -1.10. The van der Waals surface area contributed by atoms with Crippen LogP contribution in [-0.4, -0.2) is 10.2 Å². The Morgan fingerprint density at radius 2 is 2.12 bits per heavy atom. The SMILES string of the molecule is O=[N+]([O-])c1ccc(CSC2CCCC2)cc1F. The van der Waals surface area contributed by atoms with E-state index in [2.05, 4.69) is 0 Å². The van der Waals surface area contributed by atoms with Gasteiger partial charge in [-0.3, -0.25) is 10.1 Å². The van der Waals surface area contributed by atoms with Gasteiger partial charge in [0.15, 0.2) is 0 Å². The molecule has 0 radical (unpaired) electrons. The predicted molar refractivity (Wildman–Crippen MR) is 66.6 cm³/mol. The number of benzene rings is 1. The van der Waals surface area contributed by atoms with E-state index in [1.54, 1.807) is 6.07 Å². The zero-order valence-corrected chi connectivity index (χ0v) is 10.2. The van der Waals surface area contributed by atoms with Gasteiger partial charge in [-0.1, -0.05) is 18.9 Å². The minimum absolute atomic E-state index is 0.445. The van der Waals surface area contributed by atoms with Gasteiger partial charge in [0.1, 0.15) is 0 Å². The monoisotopic (exact) mass is 255 g/mol. The van der Waals surface area contributed by atoms with Crippen molar-refractivity contribution in [1.29, 1.82) is 0 Å². The number of hydrogen-bond donors (Lipinski definition) is 0. The number of nitro groups is 1. The molecule has 0 aromatic heterocycles. The third-order valence-electron chi connectivity index (χ3n) is 3.00. The fraction of sp³-hybridized carbons (Fsp3) is 0.500. The van der Waals surface area contributed by atoms with E-state index in [4.69, 9.17) is 0 Å². The molecule has 0 unspecified atom stereocenters. The van der Waals surface area contributed by atoms with E-state index in [0.717, 1.165) is 11.3 Å². The zero-order valence-electron chi connectivity index (χ0n) is 9.39. The van der Waals surface area contributed by atoms with Gasteiger partial charge in [-0.2, -0.15) is 16.2 Å². The quantitative estimate of drug-likeness (QED) is 0.605. The van der Waals surface area contributed by atoms with Crippen LogP contribution in [0.15, 0.2) is 18.2 Å². The fourth-order valence-electron chi connectivity index (χ4n) is 2.06. The fourth-order valence-corrected chi connectivity index (χ4v) is 3.33. The van der Waals surface area contributed by atoms with Crippen LogP contribution in [-0.2, 0) is 5.75 Å². The van der Waals surface area contributed by atoms with Gasteiger partial charge < -0.3 is 0 Å². The van der Waals surface area contributed by atoms with Crippen LogP contribution in [0.3, 0.4) is 0 Å². The lowest BCUT2D eigenvalue weighted by molar-refractivity contribution is -0.387. The van der Waals surface area contributed by atoms with Crippen LogP contribution in [0.4, 0.5) is 10.1 Å². The molecule has 17 heavy (non-hydrogen) atoms. The molecule has 0 bridgehead atoms. The van der Waals surface area contributed by atoms with Crippen molar-refractivity contribution in [2.45, 2.75) is 36.7 Å². The van der Waals surface area contributed by atoms with Gasteiger partial charge in [0.25, 0.3) is 0 Å². The molecule has 1 aliphatic rings. The van der Waals surface area contributed by atoms with Crippen LogP contribution in [0.2, 0.25) is 0 Å². The molecule has 1 aliphatic carbocycles. The Morgan fingerprint density at radius 1 is 1.41 bits per heavy atom. The minimum atomic E-state index is -0.737. The normalized spacial score (nSPS) is 16.3. The second-order valence-corrected chi connectivity index (χ2v) is 5.55. The first-order valence-electron chi connectivity index (χ1n) is 5.71. The summed E-state index contributed by atoms with van der Waals surface area (Å²) in [5, 5.41) is 11.1. The summed E-state index contributed by atoms with van der Waals surface area (Å²) in [5.41, 5.74) is 0.379. The van der Waals surface area contributed by atoms with E-state index in [9.17, 15) is 14.5 Å². The molecule has 1 aromatic carbocycles. The van der Waals surface area contributed by atoms with Gasteiger partial charge in [0.05, 0.1) is 4.92 Å². The van der Waals surface area contributed by atoms with Crippen LogP contribution >= 0.6 is 11.8 Å². The Balaban J connectivity index is 1.97. The second kappa shape index (κ2) is 5.49. The van der Waals surface area contributed by atoms with Crippen LogP contribution in [0, 0.1) is 15.9 Å². The molecule has 1 aromatic rings. The van der Waals surface area contributed by atoms with E-state index < -0.39 is 16.4 Å². The maximum atomic E-state index is 13.4. The van der Waals surface area contributed by atoms with Crippen molar-refractivity contribution in [2.75, 3.05) is 0 Å². The predicted octanol–water partition coefficient (Wildman–Crippen LogP) is 3.91. The maximum absolute atomic E-state index is 13.4. The lowest BCUT2D eigenvalue weighted by Crippen LogP contribution is -1.97. The summed E-state index contributed by atoms with van der Waals surface area (Å²) in [5.74, 6) is -0.000858. The Labute approximate surface area is 104 Å². The van der Waals surface area contributed by atoms with Crippen molar-refractivity contribution in [3.05, 3.63) is 39.7 Å². The summed E-state index contributed by atoms with van der Waals surface area (Å²) in [6.07, 6.45) is 5.04. The summed E-state index contributed by atoms with van der Waals surface area (Å²) in [6.45, 7) is 0. The third-order valence-corrected chi connectivity index (χ3v) is 4.44. The first-order chi connectivity index (χ1) is 8.16. The van der Waals surface area contributed by atoms with Crippen LogP contribution < -0.4 is 0 Å². The largest absolute Gasteiger partial charge is 0.304 e. The molecular formula is C12H14FNO2S. The second-order valence-electron chi connectivity index (χ2n) is 4.26. The third kappa shape index (κ3) is 3.19. The molecule has 0 amide bonds. The van der Waals surface area contributed by atoms with Gasteiger partial charge in [-0.15, -0.1) is 0 Å². The molecule has 0 spiro atoms. The van der Waals surface area contributed by atoms with Crippen LogP contribution in [0.25, 0.3) is 0 Å². The van der Waals surface area contributed by atoms with E-state index in [1.807, 2.05) is 11.8 Å². The van der Waals surface area contributed by atoms with Gasteiger partial charge >= 0.3 is 5.69 Å². The topological polar surface area (TPSA) is 43.1 Å². The van der Waals surface area contributed by atoms with Crippen LogP contribution in [0.1, 0.15) is 31.2 Å². The Morgan fingerprint density at radius 3 is 2.71 bits per heavy atom. The molecular weight excluding hydrogens is 241 g/mol. The van der Waals surface area contributed by atoms with E-state index in [0.29, 0.717) is 5.25 Å². The highest BCUT2D eigenvalue weighted by Gasteiger charge is 2.17. The van der Waals surface area contributed by atoms with Gasteiger partial charge in [0.2, 0.25) is 5.82 Å². The molecule has 92 valence electrons. The molecule has 0 saturated heterocycles. The summed E-state index contributed by atoms with van der Waals surface area (Å²) >= 11 is 1.82. The lowest BCUT2D eigenvalue weighted by atomic mass is 10.2.